The number of carbonyl (C=O) groups is 1. The third kappa shape index (κ3) is 7.26. The number of rotatable bonds is 8. The largest absolute Gasteiger partial charge is 0.478 e. The lowest BCUT2D eigenvalue weighted by Gasteiger charge is -2.60. The van der Waals surface area contributed by atoms with Crippen LogP contribution in [0.2, 0.25) is 0 Å². The molecular formula is C53H52F3N7O2S. The summed E-state index contributed by atoms with van der Waals surface area (Å²) >= 11 is 1.78. The highest BCUT2D eigenvalue weighted by Crippen LogP contribution is 2.53. The number of fused-ring (bicyclic) bond motifs is 4. The molecule has 1 saturated carbocycles. The van der Waals surface area contributed by atoms with Gasteiger partial charge in [-0.3, -0.25) is 14.5 Å². The van der Waals surface area contributed by atoms with Gasteiger partial charge in [0.25, 0.3) is 0 Å². The standard InChI is InChI=1S/C53H52F3N7O2S/c1-30-32(3)66-51-47(30)49(57-31(2)50-59-58-33(4)63(50)51)35-12-15-38(16-13-35)62-28-53(29-62)25-34(26-53)27-60-18-20-61(21-19-60)46-24-44(55)42(23-45(46)56)48-39-17-14-37(52(64)65)22-36(39)8-7-10-41(48)40-9-5-6-11-43(40)54/h5-6,9,11-17,22-24,31,34H,7-8,10,18-21,25-29H2,1-4H3,(H,64,65)/t31-/m0/s1. The van der Waals surface area contributed by atoms with E-state index in [0.717, 1.165) is 66.2 Å². The van der Waals surface area contributed by atoms with Crippen LogP contribution in [0.15, 0.2) is 83.9 Å². The second-order valence-corrected chi connectivity index (χ2v) is 20.4. The van der Waals surface area contributed by atoms with Crippen molar-refractivity contribution in [2.75, 3.05) is 55.6 Å². The Hall–Kier alpha value is -6.05. The van der Waals surface area contributed by atoms with Gasteiger partial charge in [-0.25, -0.2) is 18.0 Å². The SMILES string of the molecule is Cc1sc2c(c1C)C(c1ccc(N3CC4(CC(CN5CCN(c6cc(F)c(C7=C(c8ccccc8F)CCCc8cc(C(=O)O)ccc87)cc6F)CC5)C4)C3)cc1)=N[C@@H](C)c1nnc(C)n1-2. The van der Waals surface area contributed by atoms with Crippen LogP contribution in [-0.4, -0.2) is 82.3 Å². The number of piperazine rings is 1. The van der Waals surface area contributed by atoms with Crippen molar-refractivity contribution in [3.63, 3.8) is 0 Å². The van der Waals surface area contributed by atoms with Crippen LogP contribution < -0.4 is 9.80 Å². The smallest absolute Gasteiger partial charge is 0.335 e. The summed E-state index contributed by atoms with van der Waals surface area (Å²) in [5, 5.41) is 19.7. The first-order valence-corrected chi connectivity index (χ1v) is 23.9. The number of aliphatic imine (C=N–C) groups is 1. The van der Waals surface area contributed by atoms with Crippen molar-refractivity contribution in [2.45, 2.75) is 65.8 Å². The number of nitrogens with zero attached hydrogens (tertiary/aromatic N) is 7. The molecule has 0 radical (unpaired) electrons. The van der Waals surface area contributed by atoms with Crippen LogP contribution in [0.4, 0.5) is 24.5 Å². The van der Waals surface area contributed by atoms with E-state index < -0.39 is 23.4 Å². The van der Waals surface area contributed by atoms with E-state index in [-0.39, 0.29) is 22.9 Å². The molecule has 0 amide bonds. The van der Waals surface area contributed by atoms with Crippen LogP contribution in [0, 0.1) is 49.6 Å². The monoisotopic (exact) mass is 907 g/mol. The fraction of sp³-hybridized carbons (Fsp3) is 0.358. The number of halogens is 3. The molecule has 9 nitrogen and oxygen atoms in total. The molecule has 338 valence electrons. The van der Waals surface area contributed by atoms with Crippen molar-refractivity contribution in [3.05, 3.63) is 157 Å². The Balaban J connectivity index is 0.726. The molecule has 4 aromatic carbocycles. The summed E-state index contributed by atoms with van der Waals surface area (Å²) < 4.78 is 50.4. The predicted molar refractivity (Wildman–Crippen MR) is 255 cm³/mol. The number of anilines is 2. The van der Waals surface area contributed by atoms with E-state index in [2.05, 4.69) is 69.6 Å². The van der Waals surface area contributed by atoms with Crippen LogP contribution >= 0.6 is 11.3 Å². The lowest BCUT2D eigenvalue weighted by atomic mass is 9.57. The Bertz CT molecular complexity index is 2990. The van der Waals surface area contributed by atoms with Crippen LogP contribution in [0.3, 0.4) is 0 Å². The first-order valence-electron chi connectivity index (χ1n) is 23.1. The van der Waals surface area contributed by atoms with Crippen molar-refractivity contribution < 1.29 is 23.1 Å². The molecule has 6 aromatic rings. The second-order valence-electron chi connectivity index (χ2n) is 19.2. The lowest BCUT2D eigenvalue weighted by Crippen LogP contribution is -2.64. The van der Waals surface area contributed by atoms with E-state index >= 15 is 13.2 Å². The van der Waals surface area contributed by atoms with E-state index in [1.54, 1.807) is 41.7 Å². The van der Waals surface area contributed by atoms with Gasteiger partial charge >= 0.3 is 5.97 Å². The van der Waals surface area contributed by atoms with Crippen molar-refractivity contribution >= 4 is 45.5 Å². The average Bonchev–Trinajstić information content (AvgIpc) is 3.69. The molecule has 13 heteroatoms. The Morgan fingerprint density at radius 2 is 1.58 bits per heavy atom. The Morgan fingerprint density at radius 3 is 2.32 bits per heavy atom. The highest BCUT2D eigenvalue weighted by atomic mass is 32.1. The highest BCUT2D eigenvalue weighted by molar-refractivity contribution is 7.15. The minimum Gasteiger partial charge on any atom is -0.478 e. The number of carboxylic acid groups (broad SMARTS) is 1. The minimum atomic E-state index is -1.06. The van der Waals surface area contributed by atoms with Crippen molar-refractivity contribution in [1.82, 2.24) is 19.7 Å². The van der Waals surface area contributed by atoms with E-state index in [4.69, 9.17) is 4.99 Å². The summed E-state index contributed by atoms with van der Waals surface area (Å²) in [4.78, 5) is 25.2. The summed E-state index contributed by atoms with van der Waals surface area (Å²) in [6, 6.07) is 22.5. The molecule has 0 bridgehead atoms. The maximum absolute atomic E-state index is 16.5. The number of hydrogen-bond acceptors (Lipinski definition) is 8. The van der Waals surface area contributed by atoms with Crippen LogP contribution in [0.5, 0.6) is 0 Å². The van der Waals surface area contributed by atoms with Crippen LogP contribution in [0.1, 0.15) is 104 Å². The number of aryl methyl sites for hydroxylation is 3. The molecule has 1 N–H and O–H groups in total. The van der Waals surface area contributed by atoms with E-state index in [1.807, 2.05) is 11.8 Å². The maximum Gasteiger partial charge on any atom is 0.335 e. The van der Waals surface area contributed by atoms with Crippen molar-refractivity contribution in [3.8, 4) is 5.00 Å². The molecule has 5 aliphatic rings. The van der Waals surface area contributed by atoms with Gasteiger partial charge in [0.2, 0.25) is 0 Å². The number of allylic oxidation sites excluding steroid dienone is 1. The summed E-state index contributed by atoms with van der Waals surface area (Å²) in [7, 11) is 0. The van der Waals surface area contributed by atoms with Gasteiger partial charge in [-0.2, -0.15) is 0 Å². The first kappa shape index (κ1) is 42.6. The van der Waals surface area contributed by atoms with Gasteiger partial charge in [0, 0.05) is 90.1 Å². The molecule has 1 spiro atoms. The molecule has 2 aromatic heterocycles. The molecular weight excluding hydrogens is 856 g/mol. The molecule has 2 aliphatic carbocycles. The maximum atomic E-state index is 16.5. The number of hydrogen-bond donors (Lipinski definition) is 1. The van der Waals surface area contributed by atoms with E-state index in [9.17, 15) is 9.90 Å². The minimum absolute atomic E-state index is 0.0503. The summed E-state index contributed by atoms with van der Waals surface area (Å²) in [6.45, 7) is 14.3. The van der Waals surface area contributed by atoms with E-state index in [1.165, 1.54) is 58.8 Å². The summed E-state index contributed by atoms with van der Waals surface area (Å²) in [5.41, 5.74) is 9.19. The van der Waals surface area contributed by atoms with Gasteiger partial charge in [-0.05, 0) is 130 Å². The topological polar surface area (TPSA) is 90.1 Å². The first-order chi connectivity index (χ1) is 31.8. The zero-order valence-corrected chi connectivity index (χ0v) is 38.5. The Morgan fingerprint density at radius 1 is 0.818 bits per heavy atom. The van der Waals surface area contributed by atoms with Crippen molar-refractivity contribution in [1.29, 1.82) is 0 Å². The van der Waals surface area contributed by atoms with Gasteiger partial charge in [0.15, 0.2) is 5.82 Å². The Labute approximate surface area is 386 Å². The molecule has 1 atom stereocenters. The average molecular weight is 908 g/mol. The normalized spacial score (nSPS) is 19.4. The summed E-state index contributed by atoms with van der Waals surface area (Å²) in [6.07, 6.45) is 3.96. The van der Waals surface area contributed by atoms with Gasteiger partial charge in [0.1, 0.15) is 34.3 Å². The van der Waals surface area contributed by atoms with Gasteiger partial charge < -0.3 is 14.9 Å². The second kappa shape index (κ2) is 16.4. The predicted octanol–water partition coefficient (Wildman–Crippen LogP) is 10.6. The number of aromatic nitrogens is 3. The van der Waals surface area contributed by atoms with Gasteiger partial charge in [0.05, 0.1) is 17.0 Å². The zero-order chi connectivity index (χ0) is 45.6. The number of carboxylic acids is 1. The third-order valence-corrected chi connectivity index (χ3v) is 16.1. The Kier molecular flexibility index (Phi) is 10.6. The number of thiophene rings is 1. The third-order valence-electron chi connectivity index (χ3n) is 14.9. The fourth-order valence-corrected chi connectivity index (χ4v) is 12.7. The summed E-state index contributed by atoms with van der Waals surface area (Å²) in [5.74, 6) is -0.257. The molecule has 11 rings (SSSR count). The fourth-order valence-electron chi connectivity index (χ4n) is 11.5. The molecule has 5 heterocycles. The molecule has 3 fully saturated rings. The number of benzene rings is 4. The van der Waals surface area contributed by atoms with Gasteiger partial charge in [-0.1, -0.05) is 36.4 Å². The van der Waals surface area contributed by atoms with Crippen LogP contribution in [-0.2, 0) is 6.42 Å². The highest BCUT2D eigenvalue weighted by Gasteiger charge is 2.52. The lowest BCUT2D eigenvalue weighted by molar-refractivity contribution is 0.00320. The molecule has 2 saturated heterocycles. The quantitative estimate of drug-likeness (QED) is 0.163. The molecule has 3 aliphatic heterocycles. The molecule has 0 unspecified atom stereocenters. The van der Waals surface area contributed by atoms with E-state index in [0.29, 0.717) is 66.0 Å². The van der Waals surface area contributed by atoms with Gasteiger partial charge in [-0.15, -0.1) is 21.5 Å². The number of aromatic carboxylic acids is 1. The van der Waals surface area contributed by atoms with Crippen molar-refractivity contribution in [2.24, 2.45) is 16.3 Å². The zero-order valence-electron chi connectivity index (χ0n) is 37.7. The van der Waals surface area contributed by atoms with Crippen LogP contribution in [0.25, 0.3) is 16.1 Å². The molecule has 66 heavy (non-hydrogen) atoms.